The molecule has 1 heterocycles. The number of piperidine rings is 1. The molecule has 0 spiro atoms. The van der Waals surface area contributed by atoms with Crippen LogP contribution in [-0.4, -0.2) is 69.1 Å². The molecule has 0 atom stereocenters. The molecular weight excluding hydrogens is 444 g/mol. The normalized spacial score (nSPS) is 14.0. The number of amides is 2. The molecule has 0 radical (unpaired) electrons. The van der Waals surface area contributed by atoms with Crippen LogP contribution in [0.15, 0.2) is 42.5 Å². The van der Waals surface area contributed by atoms with E-state index in [0.717, 1.165) is 12.2 Å². The van der Waals surface area contributed by atoms with Crippen molar-refractivity contribution in [1.82, 2.24) is 9.80 Å². The van der Waals surface area contributed by atoms with E-state index in [2.05, 4.69) is 0 Å². The molecule has 3 rings (SSSR count). The Morgan fingerprint density at radius 3 is 2.30 bits per heavy atom. The lowest BCUT2D eigenvalue weighted by Crippen LogP contribution is -2.43. The highest BCUT2D eigenvalue weighted by Gasteiger charge is 2.29. The maximum Gasteiger partial charge on any atom is 0.254 e. The minimum Gasteiger partial charge on any atom is -0.497 e. The third-order valence-electron chi connectivity index (χ3n) is 5.81. The van der Waals surface area contributed by atoms with E-state index < -0.39 is 0 Å². The maximum absolute atomic E-state index is 13.0. The molecule has 1 saturated heterocycles. The average Bonchev–Trinajstić information content (AvgIpc) is 2.85. The molecule has 8 heteroatoms. The first-order chi connectivity index (χ1) is 15.9. The van der Waals surface area contributed by atoms with Crippen molar-refractivity contribution >= 4 is 23.4 Å². The third kappa shape index (κ3) is 6.78. The molecule has 2 aromatic carbocycles. The van der Waals surface area contributed by atoms with Crippen LogP contribution in [-0.2, 0) is 4.79 Å². The number of carbonyl (C=O) groups excluding carboxylic acids is 2. The van der Waals surface area contributed by atoms with Crippen molar-refractivity contribution in [2.24, 2.45) is 5.92 Å². The quantitative estimate of drug-likeness (QED) is 0.511. The van der Waals surface area contributed by atoms with Crippen LogP contribution in [0.4, 0.5) is 0 Å². The van der Waals surface area contributed by atoms with Gasteiger partial charge in [0.25, 0.3) is 5.91 Å². The Morgan fingerprint density at radius 1 is 1.03 bits per heavy atom. The largest absolute Gasteiger partial charge is 0.497 e. The summed E-state index contributed by atoms with van der Waals surface area (Å²) in [4.78, 5) is 29.4. The second-order valence-electron chi connectivity index (χ2n) is 8.09. The predicted octanol–water partition coefficient (Wildman–Crippen LogP) is 4.14. The van der Waals surface area contributed by atoms with Gasteiger partial charge in [0, 0.05) is 49.3 Å². The lowest BCUT2D eigenvalue weighted by atomic mass is 9.94. The van der Waals surface area contributed by atoms with Crippen LogP contribution in [0.25, 0.3) is 0 Å². The highest BCUT2D eigenvalue weighted by atomic mass is 35.5. The highest BCUT2D eigenvalue weighted by molar-refractivity contribution is 6.30. The van der Waals surface area contributed by atoms with Crippen molar-refractivity contribution in [2.75, 3.05) is 47.5 Å². The number of rotatable bonds is 9. The smallest absolute Gasteiger partial charge is 0.254 e. The number of hydrogen-bond donors (Lipinski definition) is 0. The van der Waals surface area contributed by atoms with E-state index in [0.29, 0.717) is 61.2 Å². The zero-order chi connectivity index (χ0) is 23.8. The van der Waals surface area contributed by atoms with Gasteiger partial charge in [0.2, 0.25) is 5.91 Å². The lowest BCUT2D eigenvalue weighted by molar-refractivity contribution is -0.135. The van der Waals surface area contributed by atoms with Gasteiger partial charge in [-0.1, -0.05) is 17.7 Å². The van der Waals surface area contributed by atoms with Crippen LogP contribution in [0.3, 0.4) is 0 Å². The monoisotopic (exact) mass is 474 g/mol. The van der Waals surface area contributed by atoms with Crippen molar-refractivity contribution in [3.05, 3.63) is 53.1 Å². The van der Waals surface area contributed by atoms with E-state index in [1.165, 1.54) is 0 Å². The maximum atomic E-state index is 13.0. The van der Waals surface area contributed by atoms with Gasteiger partial charge < -0.3 is 24.0 Å². The number of likely N-dealkylation sites (tertiary alicyclic amines) is 1. The van der Waals surface area contributed by atoms with E-state index in [1.54, 1.807) is 54.4 Å². The molecule has 0 aliphatic carbocycles. The van der Waals surface area contributed by atoms with Crippen molar-refractivity contribution < 1.29 is 23.8 Å². The Labute approximate surface area is 200 Å². The Bertz CT molecular complexity index is 937. The summed E-state index contributed by atoms with van der Waals surface area (Å²) in [6, 6.07) is 12.4. The van der Waals surface area contributed by atoms with Gasteiger partial charge in [-0.05, 0) is 49.6 Å². The van der Waals surface area contributed by atoms with Gasteiger partial charge in [0.1, 0.15) is 17.2 Å². The predicted molar refractivity (Wildman–Crippen MR) is 127 cm³/mol. The Hall–Kier alpha value is -2.93. The Kier molecular flexibility index (Phi) is 8.83. The molecule has 2 amide bonds. The van der Waals surface area contributed by atoms with E-state index in [9.17, 15) is 9.59 Å². The van der Waals surface area contributed by atoms with Gasteiger partial charge in [0.15, 0.2) is 0 Å². The summed E-state index contributed by atoms with van der Waals surface area (Å²) < 4.78 is 16.2. The molecule has 0 unspecified atom stereocenters. The van der Waals surface area contributed by atoms with Crippen molar-refractivity contribution in [3.63, 3.8) is 0 Å². The van der Waals surface area contributed by atoms with Gasteiger partial charge in [0.05, 0.1) is 20.8 Å². The molecule has 33 heavy (non-hydrogen) atoms. The standard InChI is InChI=1S/C25H31ClN2O5/c1-27(10-5-13-33-21-7-4-6-20(26)16-21)24(29)18-8-11-28(12-9-18)25(30)19-14-22(31-2)17-23(15-19)32-3/h4,6-7,14-18H,5,8-13H2,1-3H3. The third-order valence-corrected chi connectivity index (χ3v) is 6.04. The van der Waals surface area contributed by atoms with Crippen molar-refractivity contribution in [2.45, 2.75) is 19.3 Å². The molecule has 1 aliphatic heterocycles. The summed E-state index contributed by atoms with van der Waals surface area (Å²) in [6.07, 6.45) is 2.02. The molecule has 0 aromatic heterocycles. The number of carbonyl (C=O) groups is 2. The highest BCUT2D eigenvalue weighted by Crippen LogP contribution is 2.26. The first-order valence-electron chi connectivity index (χ1n) is 11.1. The van der Waals surface area contributed by atoms with Gasteiger partial charge in [-0.25, -0.2) is 0 Å². The Balaban J connectivity index is 1.44. The summed E-state index contributed by atoms with van der Waals surface area (Å²) in [6.45, 7) is 2.21. The van der Waals surface area contributed by atoms with Gasteiger partial charge in [-0.3, -0.25) is 9.59 Å². The SMILES string of the molecule is COc1cc(OC)cc(C(=O)N2CCC(C(=O)N(C)CCCOc3cccc(Cl)c3)CC2)c1. The van der Waals surface area contributed by atoms with Gasteiger partial charge >= 0.3 is 0 Å². The fourth-order valence-corrected chi connectivity index (χ4v) is 4.09. The Morgan fingerprint density at radius 2 is 1.70 bits per heavy atom. The van der Waals surface area contributed by atoms with Gasteiger partial charge in [-0.15, -0.1) is 0 Å². The molecule has 0 bridgehead atoms. The van der Waals surface area contributed by atoms with Crippen LogP contribution in [0, 0.1) is 5.92 Å². The average molecular weight is 475 g/mol. The number of methoxy groups -OCH3 is 2. The summed E-state index contributed by atoms with van der Waals surface area (Å²) in [5, 5.41) is 0.634. The fourth-order valence-electron chi connectivity index (χ4n) is 3.91. The molecule has 1 fully saturated rings. The van der Waals surface area contributed by atoms with Crippen LogP contribution in [0.5, 0.6) is 17.2 Å². The minimum absolute atomic E-state index is 0.0762. The fraction of sp³-hybridized carbons (Fsp3) is 0.440. The van der Waals surface area contributed by atoms with Crippen molar-refractivity contribution in [1.29, 1.82) is 0 Å². The number of hydrogen-bond acceptors (Lipinski definition) is 5. The van der Waals surface area contributed by atoms with E-state index >= 15 is 0 Å². The van der Waals surface area contributed by atoms with Crippen LogP contribution >= 0.6 is 11.6 Å². The van der Waals surface area contributed by atoms with Gasteiger partial charge in [-0.2, -0.15) is 0 Å². The van der Waals surface area contributed by atoms with Crippen LogP contribution < -0.4 is 14.2 Å². The zero-order valence-electron chi connectivity index (χ0n) is 19.4. The number of benzene rings is 2. The van der Waals surface area contributed by atoms with Crippen molar-refractivity contribution in [3.8, 4) is 17.2 Å². The molecular formula is C25H31ClN2O5. The van der Waals surface area contributed by atoms with Crippen LogP contribution in [0.2, 0.25) is 5.02 Å². The molecule has 2 aromatic rings. The second-order valence-corrected chi connectivity index (χ2v) is 8.52. The number of ether oxygens (including phenoxy) is 3. The summed E-state index contributed by atoms with van der Waals surface area (Å²) in [7, 11) is 4.93. The molecule has 7 nitrogen and oxygen atoms in total. The molecule has 0 saturated carbocycles. The summed E-state index contributed by atoms with van der Waals surface area (Å²) >= 11 is 5.96. The topological polar surface area (TPSA) is 68.3 Å². The van der Waals surface area contributed by atoms with Crippen LogP contribution in [0.1, 0.15) is 29.6 Å². The zero-order valence-corrected chi connectivity index (χ0v) is 20.1. The summed E-state index contributed by atoms with van der Waals surface area (Å²) in [5.41, 5.74) is 0.521. The minimum atomic E-state index is -0.0791. The number of halogens is 1. The molecule has 1 aliphatic rings. The molecule has 178 valence electrons. The first kappa shape index (κ1) is 24.7. The molecule has 0 N–H and O–H groups in total. The van der Waals surface area contributed by atoms with E-state index in [-0.39, 0.29) is 17.7 Å². The van der Waals surface area contributed by atoms with E-state index in [1.807, 2.05) is 19.2 Å². The summed E-state index contributed by atoms with van der Waals surface area (Å²) in [5.74, 6) is 1.83. The number of nitrogens with zero attached hydrogens (tertiary/aromatic N) is 2. The first-order valence-corrected chi connectivity index (χ1v) is 11.4. The second kappa shape index (κ2) is 11.8. The lowest BCUT2D eigenvalue weighted by Gasteiger charge is -2.33. The van der Waals surface area contributed by atoms with E-state index in [4.69, 9.17) is 25.8 Å².